The van der Waals surface area contributed by atoms with E-state index in [9.17, 15) is 22.0 Å². The molecule has 3 N–H and O–H groups in total. The van der Waals surface area contributed by atoms with Crippen molar-refractivity contribution in [1.82, 2.24) is 0 Å². The van der Waals surface area contributed by atoms with Crippen LogP contribution >= 0.6 is 0 Å². The number of rotatable bonds is 4. The van der Waals surface area contributed by atoms with Crippen molar-refractivity contribution >= 4 is 11.4 Å². The third kappa shape index (κ3) is 4.38. The lowest BCUT2D eigenvalue weighted by molar-refractivity contribution is -0.136. The number of nitrogens with one attached hydrogen (secondary N) is 1. The van der Waals surface area contributed by atoms with E-state index in [1.54, 1.807) is 0 Å². The third-order valence-electron chi connectivity index (χ3n) is 2.25. The molecule has 0 spiro atoms. The SMILES string of the molecule is CC(CC(F)(F)F)Nc1ccc(N)cc1C(F)F. The van der Waals surface area contributed by atoms with Gasteiger partial charge in [0.25, 0.3) is 6.43 Å². The van der Waals surface area contributed by atoms with Crippen LogP contribution in [0.5, 0.6) is 0 Å². The number of anilines is 2. The average Bonchev–Trinajstić information content (AvgIpc) is 2.17. The maximum atomic E-state index is 12.7. The smallest absolute Gasteiger partial charge is 0.391 e. The van der Waals surface area contributed by atoms with Crippen molar-refractivity contribution in [2.75, 3.05) is 11.1 Å². The van der Waals surface area contributed by atoms with Crippen molar-refractivity contribution in [2.24, 2.45) is 0 Å². The van der Waals surface area contributed by atoms with Crippen LogP contribution in [0.15, 0.2) is 18.2 Å². The Hall–Kier alpha value is -1.53. The van der Waals surface area contributed by atoms with Crippen LogP contribution < -0.4 is 11.1 Å². The van der Waals surface area contributed by atoms with E-state index in [0.29, 0.717) is 0 Å². The summed E-state index contributed by atoms with van der Waals surface area (Å²) in [4.78, 5) is 0. The van der Waals surface area contributed by atoms with Crippen molar-refractivity contribution < 1.29 is 22.0 Å². The van der Waals surface area contributed by atoms with Crippen LogP contribution in [0.1, 0.15) is 25.3 Å². The second kappa shape index (κ2) is 5.41. The molecule has 0 amide bonds. The van der Waals surface area contributed by atoms with E-state index in [4.69, 9.17) is 5.73 Å². The molecule has 0 heterocycles. The van der Waals surface area contributed by atoms with Gasteiger partial charge in [-0.2, -0.15) is 13.2 Å². The molecule has 0 aromatic heterocycles. The van der Waals surface area contributed by atoms with Crippen molar-refractivity contribution in [1.29, 1.82) is 0 Å². The molecule has 0 aliphatic rings. The maximum Gasteiger partial charge on any atom is 0.391 e. The summed E-state index contributed by atoms with van der Waals surface area (Å²) in [6.07, 6.45) is -8.24. The Morgan fingerprint density at radius 2 is 1.89 bits per heavy atom. The molecule has 7 heteroatoms. The highest BCUT2D eigenvalue weighted by Gasteiger charge is 2.30. The normalized spacial score (nSPS) is 13.7. The molecule has 0 aliphatic carbocycles. The van der Waals surface area contributed by atoms with E-state index in [-0.39, 0.29) is 11.4 Å². The highest BCUT2D eigenvalue weighted by atomic mass is 19.4. The second-order valence-corrected chi connectivity index (χ2v) is 4.01. The first-order valence-corrected chi connectivity index (χ1v) is 5.20. The summed E-state index contributed by atoms with van der Waals surface area (Å²) < 4.78 is 61.7. The minimum Gasteiger partial charge on any atom is -0.399 e. The van der Waals surface area contributed by atoms with Crippen LogP contribution in [0.3, 0.4) is 0 Å². The van der Waals surface area contributed by atoms with Gasteiger partial charge in [0.15, 0.2) is 0 Å². The topological polar surface area (TPSA) is 38.0 Å². The first-order valence-electron chi connectivity index (χ1n) is 5.20. The van der Waals surface area contributed by atoms with Crippen LogP contribution in [0.4, 0.5) is 33.3 Å². The molecule has 0 saturated carbocycles. The van der Waals surface area contributed by atoms with E-state index in [1.807, 2.05) is 0 Å². The lowest BCUT2D eigenvalue weighted by Gasteiger charge is -2.19. The van der Waals surface area contributed by atoms with E-state index < -0.39 is 30.6 Å². The van der Waals surface area contributed by atoms with Crippen LogP contribution in [0.2, 0.25) is 0 Å². The average molecular weight is 268 g/mol. The maximum absolute atomic E-state index is 12.7. The van der Waals surface area contributed by atoms with E-state index in [2.05, 4.69) is 5.32 Å². The largest absolute Gasteiger partial charge is 0.399 e. The Labute approximate surface area is 101 Å². The number of hydrogen-bond acceptors (Lipinski definition) is 2. The Kier molecular flexibility index (Phi) is 4.37. The fourth-order valence-corrected chi connectivity index (χ4v) is 1.56. The number of nitrogens with two attached hydrogens (primary N) is 1. The lowest BCUT2D eigenvalue weighted by atomic mass is 10.1. The summed E-state index contributed by atoms with van der Waals surface area (Å²) in [6.45, 7) is 1.28. The molecule has 1 aromatic rings. The molecule has 0 radical (unpaired) electrons. The van der Waals surface area contributed by atoms with Crippen molar-refractivity contribution in [3.05, 3.63) is 23.8 Å². The number of hydrogen-bond donors (Lipinski definition) is 2. The molecule has 0 saturated heterocycles. The highest BCUT2D eigenvalue weighted by Crippen LogP contribution is 2.31. The summed E-state index contributed by atoms with van der Waals surface area (Å²) in [5.74, 6) is 0. The molecular weight excluding hydrogens is 255 g/mol. The van der Waals surface area contributed by atoms with Crippen LogP contribution in [0, 0.1) is 0 Å². The van der Waals surface area contributed by atoms with Gasteiger partial charge < -0.3 is 11.1 Å². The van der Waals surface area contributed by atoms with E-state index >= 15 is 0 Å². The summed E-state index contributed by atoms with van der Waals surface area (Å²) >= 11 is 0. The Bertz CT molecular complexity index is 403. The molecule has 2 nitrogen and oxygen atoms in total. The predicted octanol–water partition coefficient (Wildman–Crippen LogP) is 3.96. The van der Waals surface area contributed by atoms with Gasteiger partial charge in [-0.15, -0.1) is 0 Å². The Morgan fingerprint density at radius 3 is 2.39 bits per heavy atom. The van der Waals surface area contributed by atoms with Crippen LogP contribution in [-0.2, 0) is 0 Å². The van der Waals surface area contributed by atoms with E-state index in [0.717, 1.165) is 6.07 Å². The minimum atomic E-state index is -4.34. The molecule has 102 valence electrons. The zero-order valence-electron chi connectivity index (χ0n) is 9.56. The van der Waals surface area contributed by atoms with Crippen molar-refractivity contribution in [3.63, 3.8) is 0 Å². The van der Waals surface area contributed by atoms with Gasteiger partial charge in [0.05, 0.1) is 6.42 Å². The second-order valence-electron chi connectivity index (χ2n) is 4.01. The molecule has 18 heavy (non-hydrogen) atoms. The van der Waals surface area contributed by atoms with Crippen molar-refractivity contribution in [2.45, 2.75) is 32.0 Å². The highest BCUT2D eigenvalue weighted by molar-refractivity contribution is 5.59. The molecule has 0 bridgehead atoms. The zero-order chi connectivity index (χ0) is 13.9. The first kappa shape index (κ1) is 14.5. The molecule has 0 aliphatic heterocycles. The summed E-state index contributed by atoms with van der Waals surface area (Å²) in [6, 6.07) is 2.66. The van der Waals surface area contributed by atoms with Crippen molar-refractivity contribution in [3.8, 4) is 0 Å². The lowest BCUT2D eigenvalue weighted by Crippen LogP contribution is -2.24. The molecule has 1 rings (SSSR count). The monoisotopic (exact) mass is 268 g/mol. The van der Waals surface area contributed by atoms with Gasteiger partial charge in [-0.05, 0) is 25.1 Å². The summed E-state index contributed by atoms with van der Waals surface area (Å²) in [5, 5.41) is 2.42. The van der Waals surface area contributed by atoms with Gasteiger partial charge in [-0.25, -0.2) is 8.78 Å². The van der Waals surface area contributed by atoms with Gasteiger partial charge in [0.2, 0.25) is 0 Å². The quantitative estimate of drug-likeness (QED) is 0.640. The number of alkyl halides is 5. The van der Waals surface area contributed by atoms with Gasteiger partial charge in [-0.1, -0.05) is 0 Å². The predicted molar refractivity (Wildman–Crippen MR) is 59.6 cm³/mol. The Morgan fingerprint density at radius 1 is 1.28 bits per heavy atom. The van der Waals surface area contributed by atoms with Gasteiger partial charge in [-0.3, -0.25) is 0 Å². The number of benzene rings is 1. The first-order chi connectivity index (χ1) is 8.19. The van der Waals surface area contributed by atoms with Gasteiger partial charge in [0, 0.05) is 23.0 Å². The zero-order valence-corrected chi connectivity index (χ0v) is 9.56. The summed E-state index contributed by atoms with van der Waals surface area (Å²) in [5.41, 5.74) is 5.06. The molecule has 1 unspecified atom stereocenters. The Balaban J connectivity index is 2.84. The molecule has 1 aromatic carbocycles. The van der Waals surface area contributed by atoms with Crippen LogP contribution in [-0.4, -0.2) is 12.2 Å². The molecular formula is C11H13F5N2. The summed E-state index contributed by atoms with van der Waals surface area (Å²) in [7, 11) is 0. The fourth-order valence-electron chi connectivity index (χ4n) is 1.56. The fraction of sp³-hybridized carbons (Fsp3) is 0.455. The number of nitrogen functional groups attached to an aromatic ring is 1. The third-order valence-corrected chi connectivity index (χ3v) is 2.25. The van der Waals surface area contributed by atoms with Gasteiger partial charge >= 0.3 is 6.18 Å². The molecule has 0 fully saturated rings. The van der Waals surface area contributed by atoms with E-state index in [1.165, 1.54) is 19.1 Å². The minimum absolute atomic E-state index is 0.0315. The van der Waals surface area contributed by atoms with Crippen LogP contribution in [0.25, 0.3) is 0 Å². The number of halogens is 5. The standard InChI is InChI=1S/C11H13F5N2/c1-6(5-11(14,15)16)18-9-3-2-7(17)4-8(9)10(12)13/h2-4,6,10,18H,5,17H2,1H3. The van der Waals surface area contributed by atoms with Gasteiger partial charge in [0.1, 0.15) is 0 Å². The molecule has 1 atom stereocenters.